The minimum absolute atomic E-state index is 0.448. The summed E-state index contributed by atoms with van der Waals surface area (Å²) in [5.74, 6) is 0.758. The van der Waals surface area contributed by atoms with Gasteiger partial charge in [-0.05, 0) is 39.3 Å². The number of aromatic nitrogens is 2. The number of nitrogens with zero attached hydrogens (tertiary/aromatic N) is 2. The van der Waals surface area contributed by atoms with Gasteiger partial charge in [0.1, 0.15) is 0 Å². The van der Waals surface area contributed by atoms with Crippen LogP contribution in [0.4, 0.5) is 0 Å². The largest absolute Gasteiger partial charge is 0.316 e. The zero-order valence-electron chi connectivity index (χ0n) is 13.3. The smallest absolute Gasteiger partial charge is 0.0640 e. The maximum atomic E-state index is 4.67. The third-order valence-electron chi connectivity index (χ3n) is 4.01. The van der Waals surface area contributed by atoms with E-state index in [1.165, 1.54) is 31.4 Å². The fourth-order valence-electron chi connectivity index (χ4n) is 2.66. The topological polar surface area (TPSA) is 29.9 Å². The number of likely N-dealkylation sites (N-methyl/N-ethyl adjacent to an activating group) is 1. The summed E-state index contributed by atoms with van der Waals surface area (Å²) in [6.45, 7) is 8.91. The molecule has 110 valence electrons. The lowest BCUT2D eigenvalue weighted by Gasteiger charge is -2.25. The normalized spacial score (nSPS) is 14.8. The second-order valence-electron chi connectivity index (χ2n) is 5.79. The molecule has 0 aliphatic heterocycles. The van der Waals surface area contributed by atoms with Crippen LogP contribution >= 0.6 is 0 Å². The monoisotopic (exact) mass is 265 g/mol. The molecule has 0 bridgehead atoms. The number of rotatable bonds is 9. The molecule has 1 rings (SSSR count). The average molecular weight is 265 g/mol. The van der Waals surface area contributed by atoms with Crippen LogP contribution in [0.3, 0.4) is 0 Å². The van der Waals surface area contributed by atoms with Gasteiger partial charge in [-0.3, -0.25) is 4.68 Å². The predicted molar refractivity (Wildman–Crippen MR) is 82.5 cm³/mol. The van der Waals surface area contributed by atoms with Crippen molar-refractivity contribution in [2.75, 3.05) is 7.05 Å². The lowest BCUT2D eigenvalue weighted by molar-refractivity contribution is 0.327. The Morgan fingerprint density at radius 3 is 2.53 bits per heavy atom. The molecule has 0 aliphatic carbocycles. The highest BCUT2D eigenvalue weighted by Crippen LogP contribution is 2.20. The molecule has 3 heteroatoms. The van der Waals surface area contributed by atoms with Crippen molar-refractivity contribution < 1.29 is 0 Å². The third kappa shape index (κ3) is 4.98. The van der Waals surface area contributed by atoms with Crippen molar-refractivity contribution in [3.05, 3.63) is 18.0 Å². The van der Waals surface area contributed by atoms with Crippen LogP contribution in [0, 0.1) is 5.92 Å². The fourth-order valence-corrected chi connectivity index (χ4v) is 2.66. The van der Waals surface area contributed by atoms with Crippen LogP contribution in [-0.4, -0.2) is 22.9 Å². The van der Waals surface area contributed by atoms with E-state index < -0.39 is 0 Å². The van der Waals surface area contributed by atoms with Gasteiger partial charge in [-0.2, -0.15) is 5.10 Å². The van der Waals surface area contributed by atoms with E-state index >= 15 is 0 Å². The Balaban J connectivity index is 2.63. The van der Waals surface area contributed by atoms with E-state index in [0.717, 1.165) is 12.3 Å². The maximum Gasteiger partial charge on any atom is 0.0640 e. The zero-order chi connectivity index (χ0) is 14.3. The Bertz CT molecular complexity index is 344. The van der Waals surface area contributed by atoms with Gasteiger partial charge < -0.3 is 5.32 Å². The molecular weight excluding hydrogens is 234 g/mol. The first-order valence-electron chi connectivity index (χ1n) is 7.83. The zero-order valence-corrected chi connectivity index (χ0v) is 13.3. The molecule has 0 aliphatic rings. The van der Waals surface area contributed by atoms with Gasteiger partial charge in [0.15, 0.2) is 0 Å². The summed E-state index contributed by atoms with van der Waals surface area (Å²) in [7, 11) is 2.08. The Hall–Kier alpha value is -0.830. The molecule has 1 N–H and O–H groups in total. The highest BCUT2D eigenvalue weighted by Gasteiger charge is 2.19. The van der Waals surface area contributed by atoms with E-state index in [2.05, 4.69) is 62.1 Å². The molecule has 2 atom stereocenters. The lowest BCUT2D eigenvalue weighted by Crippen LogP contribution is -2.35. The van der Waals surface area contributed by atoms with E-state index in [9.17, 15) is 0 Å². The van der Waals surface area contributed by atoms with Crippen LogP contribution in [0.15, 0.2) is 12.3 Å². The lowest BCUT2D eigenvalue weighted by atomic mass is 9.89. The van der Waals surface area contributed by atoms with Crippen molar-refractivity contribution in [1.82, 2.24) is 15.1 Å². The first kappa shape index (κ1) is 16.2. The molecule has 1 aromatic heterocycles. The molecule has 0 aromatic carbocycles. The third-order valence-corrected chi connectivity index (χ3v) is 4.01. The van der Waals surface area contributed by atoms with Crippen LogP contribution in [0.5, 0.6) is 0 Å². The minimum atomic E-state index is 0.448. The summed E-state index contributed by atoms with van der Waals surface area (Å²) >= 11 is 0. The molecule has 1 aromatic rings. The minimum Gasteiger partial charge on any atom is -0.316 e. The highest BCUT2D eigenvalue weighted by molar-refractivity contribution is 5.03. The van der Waals surface area contributed by atoms with Crippen molar-refractivity contribution in [2.24, 2.45) is 5.92 Å². The van der Waals surface area contributed by atoms with Crippen LogP contribution in [0.2, 0.25) is 0 Å². The molecule has 0 saturated carbocycles. The van der Waals surface area contributed by atoms with Gasteiger partial charge in [-0.25, -0.2) is 0 Å². The van der Waals surface area contributed by atoms with Crippen LogP contribution < -0.4 is 5.32 Å². The summed E-state index contributed by atoms with van der Waals surface area (Å²) < 4.78 is 2.05. The van der Waals surface area contributed by atoms with Crippen LogP contribution in [0.25, 0.3) is 0 Å². The van der Waals surface area contributed by atoms with Gasteiger partial charge in [-0.1, -0.05) is 33.1 Å². The molecule has 0 saturated heterocycles. The molecule has 19 heavy (non-hydrogen) atoms. The second-order valence-corrected chi connectivity index (χ2v) is 5.79. The Morgan fingerprint density at radius 2 is 2.05 bits per heavy atom. The molecule has 0 spiro atoms. The predicted octanol–water partition coefficient (Wildman–Crippen LogP) is 3.81. The van der Waals surface area contributed by atoms with Gasteiger partial charge in [0.05, 0.1) is 5.69 Å². The maximum absolute atomic E-state index is 4.67. The van der Waals surface area contributed by atoms with Gasteiger partial charge in [0.2, 0.25) is 0 Å². The Labute approximate surface area is 118 Å². The summed E-state index contributed by atoms with van der Waals surface area (Å²) in [4.78, 5) is 0. The SMILES string of the molecule is CCCCC(CC)C(Cc1ccn(C(C)C)n1)NC. The van der Waals surface area contributed by atoms with Crippen LogP contribution in [0.1, 0.15) is 65.1 Å². The summed E-state index contributed by atoms with van der Waals surface area (Å²) in [6.07, 6.45) is 8.32. The molecule has 0 fully saturated rings. The van der Waals surface area contributed by atoms with E-state index in [1.54, 1.807) is 0 Å². The molecule has 0 radical (unpaired) electrons. The summed E-state index contributed by atoms with van der Waals surface area (Å²) in [6, 6.07) is 3.16. The number of nitrogens with one attached hydrogen (secondary N) is 1. The van der Waals surface area contributed by atoms with Crippen molar-refractivity contribution in [3.63, 3.8) is 0 Å². The standard InChI is InChI=1S/C16H31N3/c1-6-8-9-14(7-2)16(17-5)12-15-10-11-19(18-15)13(3)4/h10-11,13-14,16-17H,6-9,12H2,1-5H3. The molecule has 0 amide bonds. The average Bonchev–Trinajstić information content (AvgIpc) is 2.86. The van der Waals surface area contributed by atoms with E-state index in [-0.39, 0.29) is 0 Å². The number of unbranched alkanes of at least 4 members (excludes halogenated alkanes) is 1. The van der Waals surface area contributed by atoms with Crippen molar-refractivity contribution in [2.45, 2.75) is 71.9 Å². The Kier molecular flexibility index (Phi) is 7.14. The van der Waals surface area contributed by atoms with E-state index in [0.29, 0.717) is 12.1 Å². The molecule has 2 unspecified atom stereocenters. The van der Waals surface area contributed by atoms with Crippen LogP contribution in [-0.2, 0) is 6.42 Å². The summed E-state index contributed by atoms with van der Waals surface area (Å²) in [5, 5.41) is 8.17. The second kappa shape index (κ2) is 8.36. The van der Waals surface area contributed by atoms with Gasteiger partial charge in [0, 0.05) is 24.7 Å². The van der Waals surface area contributed by atoms with Gasteiger partial charge in [0.25, 0.3) is 0 Å². The number of hydrogen-bond donors (Lipinski definition) is 1. The Morgan fingerprint density at radius 1 is 1.32 bits per heavy atom. The first-order chi connectivity index (χ1) is 9.12. The summed E-state index contributed by atoms with van der Waals surface area (Å²) in [5.41, 5.74) is 1.21. The number of hydrogen-bond acceptors (Lipinski definition) is 2. The quantitative estimate of drug-likeness (QED) is 0.736. The van der Waals surface area contributed by atoms with Gasteiger partial charge in [-0.15, -0.1) is 0 Å². The first-order valence-corrected chi connectivity index (χ1v) is 7.83. The molecule has 1 heterocycles. The van der Waals surface area contributed by atoms with E-state index in [4.69, 9.17) is 0 Å². The highest BCUT2D eigenvalue weighted by atomic mass is 15.3. The molecular formula is C16H31N3. The van der Waals surface area contributed by atoms with Crippen molar-refractivity contribution >= 4 is 0 Å². The fraction of sp³-hybridized carbons (Fsp3) is 0.812. The van der Waals surface area contributed by atoms with Crippen molar-refractivity contribution in [1.29, 1.82) is 0 Å². The molecule has 3 nitrogen and oxygen atoms in total. The van der Waals surface area contributed by atoms with Crippen molar-refractivity contribution in [3.8, 4) is 0 Å². The van der Waals surface area contributed by atoms with Gasteiger partial charge >= 0.3 is 0 Å². The van der Waals surface area contributed by atoms with E-state index in [1.807, 2.05) is 0 Å².